The van der Waals surface area contributed by atoms with Crippen LogP contribution in [0.25, 0.3) is 0 Å². The van der Waals surface area contributed by atoms with Crippen LogP contribution in [0.3, 0.4) is 0 Å². The number of aliphatic imine (C=N–C) groups is 1. The Balaban J connectivity index is 0.00000576. The Kier molecular flexibility index (Phi) is 14.4. The molecule has 0 bridgehead atoms. The van der Waals surface area contributed by atoms with Crippen LogP contribution in [0.15, 0.2) is 33.7 Å². The third kappa shape index (κ3) is 10.3. The first-order valence-corrected chi connectivity index (χ1v) is 10.3. The molecular formula is C17H28BrIN4OS. The smallest absolute Gasteiger partial charge is 0.224 e. The van der Waals surface area contributed by atoms with Crippen LogP contribution in [0, 0.1) is 0 Å². The molecule has 8 heteroatoms. The van der Waals surface area contributed by atoms with Crippen LogP contribution in [0.5, 0.6) is 0 Å². The molecule has 0 radical (unpaired) electrons. The fraction of sp³-hybridized carbons (Fsp3) is 0.529. The molecule has 0 saturated carbocycles. The van der Waals surface area contributed by atoms with Crippen molar-refractivity contribution in [2.45, 2.75) is 19.9 Å². The van der Waals surface area contributed by atoms with Crippen molar-refractivity contribution in [2.75, 3.05) is 38.7 Å². The zero-order valence-electron chi connectivity index (χ0n) is 15.0. The van der Waals surface area contributed by atoms with Crippen LogP contribution >= 0.6 is 51.7 Å². The molecule has 0 fully saturated rings. The average molecular weight is 543 g/mol. The molecule has 0 aliphatic heterocycles. The van der Waals surface area contributed by atoms with Gasteiger partial charge in [0.25, 0.3) is 0 Å². The fourth-order valence-corrected chi connectivity index (χ4v) is 2.72. The van der Waals surface area contributed by atoms with Crippen LogP contribution < -0.4 is 10.6 Å². The van der Waals surface area contributed by atoms with Crippen molar-refractivity contribution >= 4 is 63.5 Å². The lowest BCUT2D eigenvalue weighted by Gasteiger charge is -2.19. The number of halogens is 2. The van der Waals surface area contributed by atoms with Gasteiger partial charge in [-0.15, -0.1) is 24.0 Å². The first-order valence-electron chi connectivity index (χ1n) is 8.07. The molecule has 2 N–H and O–H groups in total. The predicted octanol–water partition coefficient (Wildman–Crippen LogP) is 3.33. The second-order valence-corrected chi connectivity index (χ2v) is 7.11. The lowest BCUT2D eigenvalue weighted by atomic mass is 10.2. The number of benzene rings is 1. The van der Waals surface area contributed by atoms with Gasteiger partial charge in [-0.3, -0.25) is 9.79 Å². The second kappa shape index (κ2) is 14.7. The van der Waals surface area contributed by atoms with E-state index in [-0.39, 0.29) is 29.9 Å². The second-order valence-electron chi connectivity index (χ2n) is 5.27. The van der Waals surface area contributed by atoms with E-state index in [0.29, 0.717) is 19.5 Å². The standard InChI is InChI=1S/C17H27BrN4OS.HI/c1-4-19-17(21-11-12-24-3)20-10-9-16(23)22(2)13-14-7-5-6-8-15(14)18;/h5-8H,4,9-13H2,1-3H3,(H2,19,20,21);1H. The maximum Gasteiger partial charge on any atom is 0.224 e. The van der Waals surface area contributed by atoms with Crippen LogP contribution in [0.1, 0.15) is 18.9 Å². The predicted molar refractivity (Wildman–Crippen MR) is 123 cm³/mol. The van der Waals surface area contributed by atoms with E-state index in [1.54, 1.807) is 16.7 Å². The van der Waals surface area contributed by atoms with E-state index in [9.17, 15) is 4.79 Å². The van der Waals surface area contributed by atoms with Crippen LogP contribution in [0.2, 0.25) is 0 Å². The number of thioether (sulfide) groups is 1. The lowest BCUT2D eigenvalue weighted by molar-refractivity contribution is -0.130. The zero-order valence-corrected chi connectivity index (χ0v) is 19.8. The molecule has 0 atom stereocenters. The maximum atomic E-state index is 12.3. The Morgan fingerprint density at radius 3 is 2.68 bits per heavy atom. The van der Waals surface area contributed by atoms with E-state index in [0.717, 1.165) is 34.8 Å². The highest BCUT2D eigenvalue weighted by atomic mass is 127. The van der Waals surface area contributed by atoms with Crippen molar-refractivity contribution in [1.29, 1.82) is 0 Å². The number of amides is 1. The summed E-state index contributed by atoms with van der Waals surface area (Å²) in [5.41, 5.74) is 1.10. The minimum atomic E-state index is 0. The molecule has 1 aromatic rings. The van der Waals surface area contributed by atoms with Gasteiger partial charge in [-0.1, -0.05) is 34.1 Å². The number of hydrogen-bond acceptors (Lipinski definition) is 3. The minimum absolute atomic E-state index is 0. The third-order valence-corrected chi connectivity index (χ3v) is 4.70. The van der Waals surface area contributed by atoms with Gasteiger partial charge in [-0.25, -0.2) is 0 Å². The summed E-state index contributed by atoms with van der Waals surface area (Å²) in [5.74, 6) is 1.87. The Labute approximate surface area is 180 Å². The maximum absolute atomic E-state index is 12.3. The SMILES string of the molecule is CCNC(=NCCSC)NCCC(=O)N(C)Cc1ccccc1Br.I. The first kappa shape index (κ1) is 24.5. The summed E-state index contributed by atoms with van der Waals surface area (Å²) in [6, 6.07) is 7.96. The van der Waals surface area contributed by atoms with Crippen molar-refractivity contribution in [3.05, 3.63) is 34.3 Å². The summed E-state index contributed by atoms with van der Waals surface area (Å²) < 4.78 is 1.03. The molecule has 25 heavy (non-hydrogen) atoms. The monoisotopic (exact) mass is 542 g/mol. The summed E-state index contributed by atoms with van der Waals surface area (Å²) in [5, 5.41) is 6.40. The molecule has 0 unspecified atom stereocenters. The highest BCUT2D eigenvalue weighted by Gasteiger charge is 2.10. The first-order chi connectivity index (χ1) is 11.6. The quantitative estimate of drug-likeness (QED) is 0.217. The van der Waals surface area contributed by atoms with Gasteiger partial charge in [-0.2, -0.15) is 11.8 Å². The van der Waals surface area contributed by atoms with Gasteiger partial charge in [0, 0.05) is 43.3 Å². The summed E-state index contributed by atoms with van der Waals surface area (Å²) in [6.07, 6.45) is 2.50. The van der Waals surface area contributed by atoms with Gasteiger partial charge in [0.15, 0.2) is 5.96 Å². The van der Waals surface area contributed by atoms with Gasteiger partial charge < -0.3 is 15.5 Å². The largest absolute Gasteiger partial charge is 0.357 e. The molecule has 5 nitrogen and oxygen atoms in total. The van der Waals surface area contributed by atoms with Crippen LogP contribution in [0.4, 0.5) is 0 Å². The third-order valence-electron chi connectivity index (χ3n) is 3.33. The van der Waals surface area contributed by atoms with E-state index < -0.39 is 0 Å². The Morgan fingerprint density at radius 1 is 1.32 bits per heavy atom. The van der Waals surface area contributed by atoms with Gasteiger partial charge >= 0.3 is 0 Å². The Morgan fingerprint density at radius 2 is 2.04 bits per heavy atom. The Hall–Kier alpha value is -0.480. The van der Waals surface area contributed by atoms with Crippen molar-refractivity contribution in [2.24, 2.45) is 4.99 Å². The summed E-state index contributed by atoms with van der Waals surface area (Å²) in [7, 11) is 1.83. The molecule has 0 heterocycles. The molecule has 1 rings (SSSR count). The molecule has 0 spiro atoms. The Bertz CT molecular complexity index is 545. The lowest BCUT2D eigenvalue weighted by Crippen LogP contribution is -2.39. The zero-order chi connectivity index (χ0) is 17.8. The number of hydrogen-bond donors (Lipinski definition) is 2. The van der Waals surface area contributed by atoms with Crippen molar-refractivity contribution in [3.63, 3.8) is 0 Å². The van der Waals surface area contributed by atoms with Gasteiger partial charge in [0.1, 0.15) is 0 Å². The van der Waals surface area contributed by atoms with Gasteiger partial charge in [0.2, 0.25) is 5.91 Å². The number of guanidine groups is 1. The van der Waals surface area contributed by atoms with Crippen molar-refractivity contribution < 1.29 is 4.79 Å². The molecule has 0 saturated heterocycles. The summed E-state index contributed by atoms with van der Waals surface area (Å²) >= 11 is 5.29. The molecule has 142 valence electrons. The average Bonchev–Trinajstić information content (AvgIpc) is 2.57. The minimum Gasteiger partial charge on any atom is -0.357 e. The van der Waals surface area contributed by atoms with E-state index in [4.69, 9.17) is 0 Å². The number of rotatable bonds is 9. The molecule has 0 aromatic heterocycles. The molecule has 0 aliphatic rings. The number of nitrogens with zero attached hydrogens (tertiary/aromatic N) is 2. The van der Waals surface area contributed by atoms with Crippen molar-refractivity contribution in [3.8, 4) is 0 Å². The van der Waals surface area contributed by atoms with Gasteiger partial charge in [-0.05, 0) is 24.8 Å². The van der Waals surface area contributed by atoms with Crippen LogP contribution in [-0.2, 0) is 11.3 Å². The molecule has 0 aliphatic carbocycles. The van der Waals surface area contributed by atoms with E-state index in [1.807, 2.05) is 38.2 Å². The van der Waals surface area contributed by atoms with Crippen LogP contribution in [-0.4, -0.2) is 55.5 Å². The van der Waals surface area contributed by atoms with E-state index in [2.05, 4.69) is 37.8 Å². The number of carbonyl (C=O) groups is 1. The van der Waals surface area contributed by atoms with E-state index in [1.165, 1.54) is 0 Å². The molecule has 1 aromatic carbocycles. The van der Waals surface area contributed by atoms with Gasteiger partial charge in [0.05, 0.1) is 6.54 Å². The fourth-order valence-electron chi connectivity index (χ4n) is 2.04. The molecular weight excluding hydrogens is 515 g/mol. The number of carbonyl (C=O) groups excluding carboxylic acids is 1. The van der Waals surface area contributed by atoms with Crippen molar-refractivity contribution in [1.82, 2.24) is 15.5 Å². The molecule has 1 amide bonds. The summed E-state index contributed by atoms with van der Waals surface area (Å²) in [4.78, 5) is 18.5. The highest BCUT2D eigenvalue weighted by Crippen LogP contribution is 2.17. The highest BCUT2D eigenvalue weighted by molar-refractivity contribution is 14.0. The number of nitrogens with one attached hydrogen (secondary N) is 2. The van der Waals surface area contributed by atoms with E-state index >= 15 is 0 Å². The topological polar surface area (TPSA) is 56.7 Å². The normalized spacial score (nSPS) is 10.8. The summed E-state index contributed by atoms with van der Waals surface area (Å²) in [6.45, 7) is 4.78.